The standard InChI is InChI=1S/C14H21FN2O2S/c1-14(2)6-5-11(8-14)17-20(18,19)13-7-10(9-16)3-4-12(13)15/h3-4,7,11,17H,5-6,8-9,16H2,1-2H3. The van der Waals surface area contributed by atoms with Crippen molar-refractivity contribution < 1.29 is 12.8 Å². The minimum absolute atomic E-state index is 0.129. The minimum atomic E-state index is -3.84. The molecule has 0 heterocycles. The number of nitrogens with two attached hydrogens (primary N) is 1. The summed E-state index contributed by atoms with van der Waals surface area (Å²) in [6.07, 6.45) is 2.51. The molecule has 1 atom stereocenters. The molecule has 0 amide bonds. The van der Waals surface area contributed by atoms with Crippen LogP contribution in [0, 0.1) is 11.2 Å². The summed E-state index contributed by atoms with van der Waals surface area (Å²) in [5.74, 6) is -0.744. The van der Waals surface area contributed by atoms with Crippen LogP contribution in [0.5, 0.6) is 0 Å². The van der Waals surface area contributed by atoms with Crippen molar-refractivity contribution in [3.05, 3.63) is 29.6 Å². The van der Waals surface area contributed by atoms with Gasteiger partial charge in [0.2, 0.25) is 10.0 Å². The molecule has 0 aromatic heterocycles. The van der Waals surface area contributed by atoms with E-state index in [1.807, 2.05) is 0 Å². The monoisotopic (exact) mass is 300 g/mol. The molecule has 4 nitrogen and oxygen atoms in total. The van der Waals surface area contributed by atoms with Gasteiger partial charge in [0.15, 0.2) is 0 Å². The van der Waals surface area contributed by atoms with E-state index < -0.39 is 15.8 Å². The van der Waals surface area contributed by atoms with E-state index in [1.54, 1.807) is 0 Å². The van der Waals surface area contributed by atoms with Crippen molar-refractivity contribution in [3.8, 4) is 0 Å². The summed E-state index contributed by atoms with van der Waals surface area (Å²) >= 11 is 0. The maximum atomic E-state index is 13.8. The molecule has 1 aromatic carbocycles. The Labute approximate surface area is 119 Å². The van der Waals surface area contributed by atoms with Gasteiger partial charge in [-0.05, 0) is 42.4 Å². The van der Waals surface area contributed by atoms with Crippen molar-refractivity contribution in [3.63, 3.8) is 0 Å². The highest BCUT2D eigenvalue weighted by molar-refractivity contribution is 7.89. The molecule has 1 aromatic rings. The van der Waals surface area contributed by atoms with Crippen molar-refractivity contribution in [2.24, 2.45) is 11.1 Å². The zero-order valence-electron chi connectivity index (χ0n) is 11.8. The van der Waals surface area contributed by atoms with Gasteiger partial charge < -0.3 is 5.73 Å². The van der Waals surface area contributed by atoms with E-state index in [0.29, 0.717) is 5.56 Å². The summed E-state index contributed by atoms with van der Waals surface area (Å²) in [6, 6.07) is 3.82. The molecule has 3 N–H and O–H groups in total. The second-order valence-corrected chi connectivity index (χ2v) is 7.88. The highest BCUT2D eigenvalue weighted by Crippen LogP contribution is 2.37. The summed E-state index contributed by atoms with van der Waals surface area (Å²) in [4.78, 5) is -0.315. The molecule has 112 valence electrons. The van der Waals surface area contributed by atoms with Crippen LogP contribution >= 0.6 is 0 Å². The summed E-state index contributed by atoms with van der Waals surface area (Å²) < 4.78 is 41.0. The van der Waals surface area contributed by atoms with Crippen LogP contribution in [0.15, 0.2) is 23.1 Å². The average Bonchev–Trinajstić information content (AvgIpc) is 2.68. The normalized spacial score (nSPS) is 22.1. The van der Waals surface area contributed by atoms with E-state index in [1.165, 1.54) is 12.1 Å². The zero-order chi connectivity index (χ0) is 15.0. The summed E-state index contributed by atoms with van der Waals surface area (Å²) in [5, 5.41) is 0. The third-order valence-electron chi connectivity index (χ3n) is 3.81. The maximum absolute atomic E-state index is 13.8. The lowest BCUT2D eigenvalue weighted by Crippen LogP contribution is -2.34. The van der Waals surface area contributed by atoms with E-state index in [2.05, 4.69) is 18.6 Å². The van der Waals surface area contributed by atoms with E-state index in [9.17, 15) is 12.8 Å². The molecule has 0 aliphatic heterocycles. The van der Waals surface area contributed by atoms with Gasteiger partial charge in [0, 0.05) is 12.6 Å². The van der Waals surface area contributed by atoms with Gasteiger partial charge in [0.25, 0.3) is 0 Å². The summed E-state index contributed by atoms with van der Waals surface area (Å²) in [5.41, 5.74) is 6.20. The van der Waals surface area contributed by atoms with Gasteiger partial charge in [-0.2, -0.15) is 0 Å². The largest absolute Gasteiger partial charge is 0.326 e. The third-order valence-corrected chi connectivity index (χ3v) is 5.35. The molecule has 6 heteroatoms. The Morgan fingerprint density at radius 3 is 2.70 bits per heavy atom. The Bertz CT molecular complexity index is 599. The number of sulfonamides is 1. The smallest absolute Gasteiger partial charge is 0.243 e. The quantitative estimate of drug-likeness (QED) is 0.895. The van der Waals surface area contributed by atoms with Crippen LogP contribution in [0.25, 0.3) is 0 Å². The Morgan fingerprint density at radius 1 is 1.45 bits per heavy atom. The number of nitrogens with one attached hydrogen (secondary N) is 1. The van der Waals surface area contributed by atoms with Crippen LogP contribution in [0.2, 0.25) is 0 Å². The molecule has 1 fully saturated rings. The van der Waals surface area contributed by atoms with Gasteiger partial charge in [0.1, 0.15) is 10.7 Å². The van der Waals surface area contributed by atoms with Crippen LogP contribution < -0.4 is 10.5 Å². The van der Waals surface area contributed by atoms with Gasteiger partial charge in [0.05, 0.1) is 0 Å². The predicted octanol–water partition coefficient (Wildman–Crippen LogP) is 2.14. The lowest BCUT2D eigenvalue weighted by Gasteiger charge is -2.18. The van der Waals surface area contributed by atoms with Crippen LogP contribution in [-0.4, -0.2) is 14.5 Å². The molecule has 1 unspecified atom stereocenters. The van der Waals surface area contributed by atoms with Crippen LogP contribution in [-0.2, 0) is 16.6 Å². The molecule has 0 spiro atoms. The van der Waals surface area contributed by atoms with Gasteiger partial charge in [-0.15, -0.1) is 0 Å². The average molecular weight is 300 g/mol. The molecule has 1 aliphatic carbocycles. The summed E-state index contributed by atoms with van der Waals surface area (Å²) in [6.45, 7) is 4.40. The van der Waals surface area contributed by atoms with Crippen LogP contribution in [0.1, 0.15) is 38.7 Å². The van der Waals surface area contributed by atoms with Crippen molar-refractivity contribution in [2.75, 3.05) is 0 Å². The molecular formula is C14H21FN2O2S. The number of benzene rings is 1. The molecular weight excluding hydrogens is 279 g/mol. The van der Waals surface area contributed by atoms with Crippen molar-refractivity contribution in [1.82, 2.24) is 4.72 Å². The predicted molar refractivity (Wildman–Crippen MR) is 76.0 cm³/mol. The topological polar surface area (TPSA) is 72.2 Å². The number of rotatable bonds is 4. The fourth-order valence-corrected chi connectivity index (χ4v) is 4.10. The Balaban J connectivity index is 2.23. The highest BCUT2D eigenvalue weighted by atomic mass is 32.2. The van der Waals surface area contributed by atoms with Crippen molar-refractivity contribution >= 4 is 10.0 Å². The van der Waals surface area contributed by atoms with Crippen LogP contribution in [0.4, 0.5) is 4.39 Å². The van der Waals surface area contributed by atoms with Crippen molar-refractivity contribution in [2.45, 2.75) is 50.6 Å². The zero-order valence-corrected chi connectivity index (χ0v) is 12.6. The fraction of sp³-hybridized carbons (Fsp3) is 0.571. The van der Waals surface area contributed by atoms with Gasteiger partial charge in [-0.3, -0.25) is 0 Å². The molecule has 20 heavy (non-hydrogen) atoms. The van der Waals surface area contributed by atoms with E-state index in [4.69, 9.17) is 5.73 Å². The van der Waals surface area contributed by atoms with Crippen molar-refractivity contribution in [1.29, 1.82) is 0 Å². The first kappa shape index (κ1) is 15.4. The number of hydrogen-bond donors (Lipinski definition) is 2. The molecule has 1 aliphatic rings. The number of hydrogen-bond acceptors (Lipinski definition) is 3. The maximum Gasteiger partial charge on any atom is 0.243 e. The lowest BCUT2D eigenvalue weighted by molar-refractivity contribution is 0.372. The lowest BCUT2D eigenvalue weighted by atomic mass is 9.92. The molecule has 2 rings (SSSR count). The van der Waals surface area contributed by atoms with Crippen LogP contribution in [0.3, 0.4) is 0 Å². The Hall–Kier alpha value is -0.980. The highest BCUT2D eigenvalue weighted by Gasteiger charge is 2.34. The molecule has 0 saturated heterocycles. The third kappa shape index (κ3) is 3.37. The fourth-order valence-electron chi connectivity index (χ4n) is 2.70. The van der Waals surface area contributed by atoms with E-state index >= 15 is 0 Å². The van der Waals surface area contributed by atoms with Gasteiger partial charge >= 0.3 is 0 Å². The van der Waals surface area contributed by atoms with Gasteiger partial charge in [-0.25, -0.2) is 17.5 Å². The molecule has 1 saturated carbocycles. The second kappa shape index (κ2) is 5.42. The van der Waals surface area contributed by atoms with Gasteiger partial charge in [-0.1, -0.05) is 19.9 Å². The Kier molecular flexibility index (Phi) is 4.18. The Morgan fingerprint density at radius 2 is 2.15 bits per heavy atom. The van der Waals surface area contributed by atoms with E-state index in [0.717, 1.165) is 25.3 Å². The first-order chi connectivity index (χ1) is 9.23. The first-order valence-corrected chi connectivity index (χ1v) is 8.23. The molecule has 0 bridgehead atoms. The number of halogens is 1. The second-order valence-electron chi connectivity index (χ2n) is 6.19. The summed E-state index contributed by atoms with van der Waals surface area (Å²) in [7, 11) is -3.84. The first-order valence-electron chi connectivity index (χ1n) is 6.74. The minimum Gasteiger partial charge on any atom is -0.326 e. The van der Waals surface area contributed by atoms with E-state index in [-0.39, 0.29) is 22.9 Å². The SMILES string of the molecule is CC1(C)CCC(NS(=O)(=O)c2cc(CN)ccc2F)C1. The molecule has 0 radical (unpaired) electrons.